The van der Waals surface area contributed by atoms with Crippen LogP contribution in [0, 0.1) is 18.8 Å². The van der Waals surface area contributed by atoms with Gasteiger partial charge in [-0.15, -0.1) is 0 Å². The lowest BCUT2D eigenvalue weighted by molar-refractivity contribution is 0.0958. The molecule has 1 saturated heterocycles. The molecule has 0 N–H and O–H groups in total. The number of ketones is 1. The molecule has 1 aliphatic rings. The number of nitrogens with zero attached hydrogens (tertiary/aromatic N) is 1. The largest absolute Gasteiger partial charge is 0.493 e. The highest BCUT2D eigenvalue weighted by atomic mass is 16.5. The first-order valence-electron chi connectivity index (χ1n) is 11.5. The van der Waals surface area contributed by atoms with E-state index in [0.717, 1.165) is 23.5 Å². The first-order valence-corrected chi connectivity index (χ1v) is 11.5. The van der Waals surface area contributed by atoms with Crippen molar-refractivity contribution in [3.8, 4) is 11.5 Å². The third-order valence-electron chi connectivity index (χ3n) is 6.39. The Morgan fingerprint density at radius 3 is 2.41 bits per heavy atom. The van der Waals surface area contributed by atoms with Gasteiger partial charge in [0, 0.05) is 18.5 Å². The second-order valence-electron chi connectivity index (χ2n) is 8.83. The number of hydrogen-bond acceptors (Lipinski definition) is 4. The van der Waals surface area contributed by atoms with Crippen LogP contribution in [0.2, 0.25) is 0 Å². The number of Topliss-reactive ketones (excluding diaryl/α,β-unsaturated/α-hetero) is 1. The van der Waals surface area contributed by atoms with Gasteiger partial charge in [-0.05, 0) is 75.2 Å². The minimum absolute atomic E-state index is 0.218. The Hall–Kier alpha value is -1.55. The molecule has 4 heteroatoms. The van der Waals surface area contributed by atoms with Gasteiger partial charge in [0.05, 0.1) is 14.2 Å². The maximum Gasteiger partial charge on any atom is 0.163 e. The van der Waals surface area contributed by atoms with Gasteiger partial charge in [-0.3, -0.25) is 4.79 Å². The molecular weight excluding hydrogens is 362 g/mol. The Labute approximate surface area is 178 Å². The molecule has 2 rings (SSSR count). The molecule has 0 aliphatic carbocycles. The third-order valence-corrected chi connectivity index (χ3v) is 6.39. The zero-order valence-corrected chi connectivity index (χ0v) is 19.3. The number of piperidine rings is 1. The summed E-state index contributed by atoms with van der Waals surface area (Å²) in [5, 5.41) is 0. The number of likely N-dealkylation sites (tertiary alicyclic amines) is 1. The van der Waals surface area contributed by atoms with E-state index in [1.54, 1.807) is 14.2 Å². The Balaban J connectivity index is 1.77. The van der Waals surface area contributed by atoms with Gasteiger partial charge < -0.3 is 14.4 Å². The lowest BCUT2D eigenvalue weighted by Gasteiger charge is -2.33. The van der Waals surface area contributed by atoms with Crippen LogP contribution in [0.5, 0.6) is 11.5 Å². The molecule has 1 atom stereocenters. The molecule has 0 spiro atoms. The number of benzene rings is 1. The normalized spacial score (nSPS) is 16.6. The molecule has 1 heterocycles. The molecule has 1 aromatic rings. The van der Waals surface area contributed by atoms with E-state index in [9.17, 15) is 4.79 Å². The number of carbonyl (C=O) groups is 1. The lowest BCUT2D eigenvalue weighted by atomic mass is 9.89. The summed E-state index contributed by atoms with van der Waals surface area (Å²) in [5.41, 5.74) is 1.72. The molecule has 0 aromatic heterocycles. The molecular formula is C25H41NO3. The van der Waals surface area contributed by atoms with Crippen molar-refractivity contribution in [2.45, 2.75) is 72.1 Å². The van der Waals surface area contributed by atoms with Gasteiger partial charge in [0.25, 0.3) is 0 Å². The molecule has 1 unspecified atom stereocenters. The molecule has 0 radical (unpaired) electrons. The molecule has 0 saturated carbocycles. The highest BCUT2D eigenvalue weighted by molar-refractivity contribution is 5.98. The van der Waals surface area contributed by atoms with Gasteiger partial charge in [0.1, 0.15) is 0 Å². The quantitative estimate of drug-likeness (QED) is 0.321. The van der Waals surface area contributed by atoms with Gasteiger partial charge in [-0.2, -0.15) is 0 Å². The van der Waals surface area contributed by atoms with Gasteiger partial charge in [-0.1, -0.05) is 33.1 Å². The standard InChI is InChI=1S/C25H41NO3/c1-6-7-8-9-19(2)18-26-14-12-21(13-15-26)10-11-23(27)22-17-25(29-5)24(28-4)16-20(22)3/h16-17,19,21H,6-15,18H2,1-5H3. The van der Waals surface area contributed by atoms with E-state index < -0.39 is 0 Å². The van der Waals surface area contributed by atoms with Crippen LogP contribution < -0.4 is 9.47 Å². The van der Waals surface area contributed by atoms with Crippen LogP contribution in [0.3, 0.4) is 0 Å². The minimum Gasteiger partial charge on any atom is -0.493 e. The number of methoxy groups -OCH3 is 2. The lowest BCUT2D eigenvalue weighted by Crippen LogP contribution is -2.36. The van der Waals surface area contributed by atoms with Crippen molar-refractivity contribution >= 4 is 5.78 Å². The fourth-order valence-electron chi connectivity index (χ4n) is 4.48. The number of carbonyl (C=O) groups excluding carboxylic acids is 1. The van der Waals surface area contributed by atoms with E-state index >= 15 is 0 Å². The molecule has 0 bridgehead atoms. The molecule has 0 amide bonds. The number of aryl methyl sites for hydroxylation is 1. The minimum atomic E-state index is 0.218. The first-order chi connectivity index (χ1) is 14.0. The zero-order chi connectivity index (χ0) is 21.2. The molecule has 1 aliphatic heterocycles. The zero-order valence-electron chi connectivity index (χ0n) is 19.3. The van der Waals surface area contributed by atoms with Crippen LogP contribution >= 0.6 is 0 Å². The average Bonchev–Trinajstić information content (AvgIpc) is 2.73. The summed E-state index contributed by atoms with van der Waals surface area (Å²) in [5.74, 6) is 3.00. The van der Waals surface area contributed by atoms with Crippen molar-refractivity contribution in [3.05, 3.63) is 23.3 Å². The van der Waals surface area contributed by atoms with Crippen molar-refractivity contribution in [1.82, 2.24) is 4.90 Å². The SMILES string of the molecule is CCCCCC(C)CN1CCC(CCC(=O)c2cc(OC)c(OC)cc2C)CC1. The van der Waals surface area contributed by atoms with E-state index in [-0.39, 0.29) is 5.78 Å². The maximum atomic E-state index is 12.8. The fourth-order valence-corrected chi connectivity index (χ4v) is 4.48. The summed E-state index contributed by atoms with van der Waals surface area (Å²) in [6.07, 6.45) is 9.44. The van der Waals surface area contributed by atoms with Crippen molar-refractivity contribution in [2.75, 3.05) is 33.9 Å². The Morgan fingerprint density at radius 1 is 1.14 bits per heavy atom. The van der Waals surface area contributed by atoms with Crippen LogP contribution in [0.15, 0.2) is 12.1 Å². The van der Waals surface area contributed by atoms with Crippen molar-refractivity contribution in [1.29, 1.82) is 0 Å². The topological polar surface area (TPSA) is 38.8 Å². The van der Waals surface area contributed by atoms with Crippen molar-refractivity contribution < 1.29 is 14.3 Å². The van der Waals surface area contributed by atoms with Gasteiger partial charge in [-0.25, -0.2) is 0 Å². The van der Waals surface area contributed by atoms with Crippen LogP contribution in [0.4, 0.5) is 0 Å². The highest BCUT2D eigenvalue weighted by Crippen LogP contribution is 2.31. The van der Waals surface area contributed by atoms with E-state index in [1.165, 1.54) is 58.2 Å². The van der Waals surface area contributed by atoms with E-state index in [2.05, 4.69) is 18.7 Å². The first kappa shape index (κ1) is 23.7. The van der Waals surface area contributed by atoms with E-state index in [1.807, 2.05) is 19.1 Å². The summed E-state index contributed by atoms with van der Waals surface area (Å²) >= 11 is 0. The maximum absolute atomic E-state index is 12.8. The number of rotatable bonds is 12. The smallest absolute Gasteiger partial charge is 0.163 e. The number of hydrogen-bond donors (Lipinski definition) is 0. The van der Waals surface area contributed by atoms with E-state index in [0.29, 0.717) is 23.8 Å². The van der Waals surface area contributed by atoms with Gasteiger partial charge in [0.2, 0.25) is 0 Å². The molecule has 164 valence electrons. The third kappa shape index (κ3) is 7.33. The Morgan fingerprint density at radius 2 is 1.79 bits per heavy atom. The van der Waals surface area contributed by atoms with Crippen molar-refractivity contribution in [3.63, 3.8) is 0 Å². The van der Waals surface area contributed by atoms with Gasteiger partial charge >= 0.3 is 0 Å². The second-order valence-corrected chi connectivity index (χ2v) is 8.83. The van der Waals surface area contributed by atoms with E-state index in [4.69, 9.17) is 9.47 Å². The average molecular weight is 404 g/mol. The molecule has 1 aromatic carbocycles. The van der Waals surface area contributed by atoms with Crippen LogP contribution in [0.1, 0.15) is 81.1 Å². The van der Waals surface area contributed by atoms with Crippen LogP contribution in [-0.4, -0.2) is 44.5 Å². The summed E-state index contributed by atoms with van der Waals surface area (Å²) in [7, 11) is 3.23. The number of unbranched alkanes of at least 4 members (excludes halogenated alkanes) is 2. The Bertz CT molecular complexity index is 635. The highest BCUT2D eigenvalue weighted by Gasteiger charge is 2.22. The number of ether oxygens (including phenoxy) is 2. The van der Waals surface area contributed by atoms with Crippen molar-refractivity contribution in [2.24, 2.45) is 11.8 Å². The summed E-state index contributed by atoms with van der Waals surface area (Å²) in [4.78, 5) is 15.4. The summed E-state index contributed by atoms with van der Waals surface area (Å²) < 4.78 is 10.7. The van der Waals surface area contributed by atoms with Crippen LogP contribution in [-0.2, 0) is 0 Å². The fraction of sp³-hybridized carbons (Fsp3) is 0.720. The molecule has 4 nitrogen and oxygen atoms in total. The summed E-state index contributed by atoms with van der Waals surface area (Å²) in [6.45, 7) is 10.2. The monoisotopic (exact) mass is 403 g/mol. The second kappa shape index (κ2) is 12.2. The molecule has 1 fully saturated rings. The predicted octanol–water partition coefficient (Wildman–Crippen LogP) is 5.90. The van der Waals surface area contributed by atoms with Gasteiger partial charge in [0.15, 0.2) is 17.3 Å². The predicted molar refractivity (Wildman–Crippen MR) is 120 cm³/mol. The molecule has 29 heavy (non-hydrogen) atoms. The van der Waals surface area contributed by atoms with Crippen LogP contribution in [0.25, 0.3) is 0 Å². The Kier molecular flexibility index (Phi) is 9.99. The summed E-state index contributed by atoms with van der Waals surface area (Å²) in [6, 6.07) is 3.73.